The van der Waals surface area contributed by atoms with Gasteiger partial charge >= 0.3 is 6.03 Å². The van der Waals surface area contributed by atoms with Crippen molar-refractivity contribution in [3.63, 3.8) is 0 Å². The molecule has 0 saturated carbocycles. The molecule has 3 amide bonds. The van der Waals surface area contributed by atoms with Crippen LogP contribution >= 0.6 is 11.6 Å². The van der Waals surface area contributed by atoms with E-state index in [2.05, 4.69) is 10.3 Å². The Hall–Kier alpha value is -1.69. The number of amides is 3. The first kappa shape index (κ1) is 11.8. The van der Waals surface area contributed by atoms with Crippen LogP contribution in [-0.4, -0.2) is 23.5 Å². The molecule has 1 aliphatic rings. The average molecular weight is 258 g/mol. The second kappa shape index (κ2) is 4.67. The van der Waals surface area contributed by atoms with Crippen LogP contribution in [0.25, 0.3) is 0 Å². The summed E-state index contributed by atoms with van der Waals surface area (Å²) in [5, 5.41) is 2.16. The minimum Gasteiger partial charge on any atom is -0.278 e. The number of pyridine rings is 1. The summed E-state index contributed by atoms with van der Waals surface area (Å²) in [6.45, 7) is 0.215. The first-order chi connectivity index (χ1) is 8.11. The van der Waals surface area contributed by atoms with Crippen molar-refractivity contribution in [2.45, 2.75) is 12.3 Å². The first-order valence-corrected chi connectivity index (χ1v) is 5.47. The lowest BCUT2D eigenvalue weighted by Crippen LogP contribution is -2.50. The molecule has 0 aliphatic carbocycles. The Kier molecular flexibility index (Phi) is 3.23. The second-order valence-corrected chi connectivity index (χ2v) is 3.79. The summed E-state index contributed by atoms with van der Waals surface area (Å²) in [5.74, 6) is -0.525. The Balaban J connectivity index is 2.33. The van der Waals surface area contributed by atoms with Crippen molar-refractivity contribution in [2.24, 2.45) is 0 Å². The van der Waals surface area contributed by atoms with Gasteiger partial charge in [-0.1, -0.05) is 0 Å². The molecule has 0 aromatic carbocycles. The summed E-state index contributed by atoms with van der Waals surface area (Å²) in [6.07, 6.45) is 1.20. The number of alkyl halides is 1. The van der Waals surface area contributed by atoms with Crippen LogP contribution in [0.15, 0.2) is 12.3 Å². The van der Waals surface area contributed by atoms with Gasteiger partial charge < -0.3 is 0 Å². The van der Waals surface area contributed by atoms with Crippen LogP contribution in [0.1, 0.15) is 12.0 Å². The van der Waals surface area contributed by atoms with E-state index in [9.17, 15) is 14.0 Å². The molecular weight excluding hydrogens is 249 g/mol. The number of hydrogen-bond acceptors (Lipinski definition) is 3. The van der Waals surface area contributed by atoms with Crippen LogP contribution in [0.4, 0.5) is 15.0 Å². The lowest BCUT2D eigenvalue weighted by Gasteiger charge is -2.26. The summed E-state index contributed by atoms with van der Waals surface area (Å²) in [5.41, 5.74) is 0.413. The number of imide groups is 1. The minimum atomic E-state index is -0.563. The molecule has 7 heteroatoms. The molecule has 0 spiro atoms. The zero-order valence-corrected chi connectivity index (χ0v) is 9.50. The van der Waals surface area contributed by atoms with Crippen LogP contribution in [0.2, 0.25) is 0 Å². The maximum atomic E-state index is 13.0. The van der Waals surface area contributed by atoms with E-state index in [1.807, 2.05) is 0 Å². The highest BCUT2D eigenvalue weighted by Gasteiger charge is 2.26. The largest absolute Gasteiger partial charge is 0.329 e. The molecule has 2 heterocycles. The molecule has 1 saturated heterocycles. The van der Waals surface area contributed by atoms with Gasteiger partial charge in [0.05, 0.1) is 12.1 Å². The normalized spacial score (nSPS) is 16.0. The van der Waals surface area contributed by atoms with Crippen LogP contribution in [0, 0.1) is 5.82 Å². The molecule has 0 atom stereocenters. The molecule has 0 unspecified atom stereocenters. The summed E-state index contributed by atoms with van der Waals surface area (Å²) in [6, 6.07) is 0.658. The van der Waals surface area contributed by atoms with Crippen LogP contribution in [0.5, 0.6) is 0 Å². The Morgan fingerprint density at radius 3 is 2.94 bits per heavy atom. The van der Waals surface area contributed by atoms with E-state index in [1.54, 1.807) is 0 Å². The van der Waals surface area contributed by atoms with E-state index in [0.29, 0.717) is 5.56 Å². The van der Waals surface area contributed by atoms with Crippen LogP contribution in [-0.2, 0) is 10.7 Å². The Labute approximate surface area is 102 Å². The van der Waals surface area contributed by atoms with Crippen molar-refractivity contribution < 1.29 is 14.0 Å². The molecule has 0 bridgehead atoms. The monoisotopic (exact) mass is 257 g/mol. The summed E-state index contributed by atoms with van der Waals surface area (Å²) in [7, 11) is 0. The molecule has 2 rings (SSSR count). The standard InChI is InChI=1S/C10H9ClFN3O2/c11-4-6-3-7(12)5-13-9(6)15-2-1-8(16)14-10(15)17/h3,5H,1-2,4H2,(H,14,16,17). The highest BCUT2D eigenvalue weighted by Crippen LogP contribution is 2.22. The summed E-state index contributed by atoms with van der Waals surface area (Å²) >= 11 is 5.67. The molecular formula is C10H9ClFN3O2. The van der Waals surface area contributed by atoms with Gasteiger partial charge in [-0.25, -0.2) is 14.2 Å². The third-order valence-electron chi connectivity index (χ3n) is 2.36. The Morgan fingerprint density at radius 1 is 1.53 bits per heavy atom. The Bertz CT molecular complexity index is 481. The SMILES string of the molecule is O=C1CCN(c2ncc(F)cc2CCl)C(=O)N1. The zero-order valence-electron chi connectivity index (χ0n) is 8.74. The van der Waals surface area contributed by atoms with Gasteiger partial charge in [-0.15, -0.1) is 11.6 Å². The van der Waals surface area contributed by atoms with Crippen molar-refractivity contribution >= 4 is 29.4 Å². The van der Waals surface area contributed by atoms with Gasteiger partial charge in [0.2, 0.25) is 5.91 Å². The predicted molar refractivity (Wildman–Crippen MR) is 59.3 cm³/mol. The van der Waals surface area contributed by atoms with Crippen molar-refractivity contribution in [2.75, 3.05) is 11.4 Å². The lowest BCUT2D eigenvalue weighted by atomic mass is 10.2. The number of anilines is 1. The summed E-state index contributed by atoms with van der Waals surface area (Å²) < 4.78 is 13.0. The van der Waals surface area contributed by atoms with Gasteiger partial charge in [-0.05, 0) is 6.07 Å². The molecule has 90 valence electrons. The fraction of sp³-hybridized carbons (Fsp3) is 0.300. The summed E-state index contributed by atoms with van der Waals surface area (Å²) in [4.78, 5) is 27.7. The van der Waals surface area contributed by atoms with Crippen molar-refractivity contribution in [3.8, 4) is 0 Å². The third-order valence-corrected chi connectivity index (χ3v) is 2.65. The molecule has 1 aromatic heterocycles. The molecule has 0 radical (unpaired) electrons. The van der Waals surface area contributed by atoms with E-state index >= 15 is 0 Å². The number of nitrogens with zero attached hydrogens (tertiary/aromatic N) is 2. The van der Waals surface area contributed by atoms with Gasteiger partial charge in [-0.3, -0.25) is 15.0 Å². The fourth-order valence-electron chi connectivity index (χ4n) is 1.58. The molecule has 17 heavy (non-hydrogen) atoms. The third kappa shape index (κ3) is 2.36. The number of urea groups is 1. The van der Waals surface area contributed by atoms with Gasteiger partial charge in [0, 0.05) is 18.5 Å². The maximum Gasteiger partial charge on any atom is 0.329 e. The average Bonchev–Trinajstić information content (AvgIpc) is 2.30. The number of rotatable bonds is 2. The zero-order chi connectivity index (χ0) is 12.4. The number of hydrogen-bond donors (Lipinski definition) is 1. The molecule has 1 fully saturated rings. The van der Waals surface area contributed by atoms with Gasteiger partial charge in [0.1, 0.15) is 11.6 Å². The van der Waals surface area contributed by atoms with Crippen molar-refractivity contribution in [1.82, 2.24) is 10.3 Å². The molecule has 1 aromatic rings. The van der Waals surface area contributed by atoms with E-state index in [1.165, 1.54) is 11.0 Å². The Morgan fingerprint density at radius 2 is 2.29 bits per heavy atom. The number of carbonyl (C=O) groups is 2. The highest BCUT2D eigenvalue weighted by molar-refractivity contribution is 6.17. The smallest absolute Gasteiger partial charge is 0.278 e. The van der Waals surface area contributed by atoms with Gasteiger partial charge in [-0.2, -0.15) is 0 Å². The second-order valence-electron chi connectivity index (χ2n) is 3.52. The molecule has 1 N–H and O–H groups in total. The molecule has 1 aliphatic heterocycles. The predicted octanol–water partition coefficient (Wildman–Crippen LogP) is 1.41. The maximum absolute atomic E-state index is 13.0. The number of nitrogens with one attached hydrogen (secondary N) is 1. The van der Waals surface area contributed by atoms with Crippen molar-refractivity contribution in [3.05, 3.63) is 23.6 Å². The van der Waals surface area contributed by atoms with E-state index < -0.39 is 11.8 Å². The van der Waals surface area contributed by atoms with Crippen LogP contribution in [0.3, 0.4) is 0 Å². The van der Waals surface area contributed by atoms with Crippen LogP contribution < -0.4 is 10.2 Å². The van der Waals surface area contributed by atoms with Crippen molar-refractivity contribution in [1.29, 1.82) is 0 Å². The highest BCUT2D eigenvalue weighted by atomic mass is 35.5. The van der Waals surface area contributed by atoms with E-state index in [0.717, 1.165) is 6.20 Å². The number of aromatic nitrogens is 1. The van der Waals surface area contributed by atoms with E-state index in [-0.39, 0.29) is 30.6 Å². The van der Waals surface area contributed by atoms with Gasteiger partial charge in [0.15, 0.2) is 0 Å². The topological polar surface area (TPSA) is 62.3 Å². The number of carbonyl (C=O) groups excluding carboxylic acids is 2. The van der Waals surface area contributed by atoms with E-state index in [4.69, 9.17) is 11.6 Å². The fourth-order valence-corrected chi connectivity index (χ4v) is 1.78. The number of halogens is 2. The quantitative estimate of drug-likeness (QED) is 0.815. The van der Waals surface area contributed by atoms with Gasteiger partial charge in [0.25, 0.3) is 0 Å². The lowest BCUT2D eigenvalue weighted by molar-refractivity contribution is -0.120. The minimum absolute atomic E-state index is 0.0395. The molecule has 5 nitrogen and oxygen atoms in total. The first-order valence-electron chi connectivity index (χ1n) is 4.93.